The molecule has 0 saturated heterocycles. The molecule has 0 bridgehead atoms. The van der Waals surface area contributed by atoms with Crippen LogP contribution >= 0.6 is 0 Å². The van der Waals surface area contributed by atoms with Crippen molar-refractivity contribution in [1.29, 1.82) is 0 Å². The molecular formula is C15H11F3N2O3S. The Kier molecular flexibility index (Phi) is 3.75. The first-order valence-electron chi connectivity index (χ1n) is 6.68. The summed E-state index contributed by atoms with van der Waals surface area (Å²) in [6.07, 6.45) is -1.14. The molecule has 0 amide bonds. The quantitative estimate of drug-likeness (QED) is 0.675. The number of rotatable bonds is 3. The molecule has 0 fully saturated rings. The second kappa shape index (κ2) is 5.52. The van der Waals surface area contributed by atoms with Gasteiger partial charge in [-0.25, -0.2) is 4.98 Å². The van der Waals surface area contributed by atoms with Crippen molar-refractivity contribution < 1.29 is 25.8 Å². The fraction of sp³-hybridized carbons (Fsp3) is 0.133. The van der Waals surface area contributed by atoms with E-state index in [1.165, 1.54) is 28.8 Å². The van der Waals surface area contributed by atoms with Crippen LogP contribution in [-0.2, 0) is 16.3 Å². The number of hydrogen-bond acceptors (Lipinski definition) is 4. The Bertz CT molecular complexity index is 1010. The largest absolute Gasteiger partial charge is 0.417 e. The Hall–Kier alpha value is -2.55. The summed E-state index contributed by atoms with van der Waals surface area (Å²) in [6, 6.07) is 8.36. The molecule has 1 aromatic carbocycles. The van der Waals surface area contributed by atoms with Crippen molar-refractivity contribution in [2.45, 2.75) is 6.18 Å². The molecule has 0 aliphatic carbocycles. The first-order chi connectivity index (χ1) is 11.1. The molecule has 5 nitrogen and oxygen atoms in total. The number of aromatic nitrogens is 2. The standard InChI is InChI=1S/C15H11F3N2O3S/c1-24(21,22)23-12-4-2-3-10(7-12)13-9-20-8-11(15(16,17)18)5-6-14(20)19-13/h2-9H,1H3. The molecule has 0 aliphatic rings. The molecule has 3 rings (SSSR count). The van der Waals surface area contributed by atoms with Gasteiger partial charge in [-0.3, -0.25) is 0 Å². The Morgan fingerprint density at radius 1 is 1.12 bits per heavy atom. The van der Waals surface area contributed by atoms with Gasteiger partial charge in [0.15, 0.2) is 0 Å². The molecule has 0 radical (unpaired) electrons. The maximum atomic E-state index is 12.7. The highest BCUT2D eigenvalue weighted by atomic mass is 32.2. The minimum absolute atomic E-state index is 0.100. The Morgan fingerprint density at radius 2 is 1.88 bits per heavy atom. The fourth-order valence-corrected chi connectivity index (χ4v) is 2.63. The maximum Gasteiger partial charge on any atom is 0.417 e. The molecule has 126 valence electrons. The van der Waals surface area contributed by atoms with Crippen molar-refractivity contribution in [3.05, 3.63) is 54.4 Å². The van der Waals surface area contributed by atoms with Crippen molar-refractivity contribution >= 4 is 15.8 Å². The van der Waals surface area contributed by atoms with Crippen LogP contribution in [0.3, 0.4) is 0 Å². The Balaban J connectivity index is 2.02. The van der Waals surface area contributed by atoms with E-state index in [0.717, 1.165) is 18.5 Å². The molecular weight excluding hydrogens is 345 g/mol. The number of halogens is 3. The van der Waals surface area contributed by atoms with Gasteiger partial charge in [0, 0.05) is 18.0 Å². The van der Waals surface area contributed by atoms with E-state index in [2.05, 4.69) is 4.98 Å². The first kappa shape index (κ1) is 16.3. The van der Waals surface area contributed by atoms with E-state index >= 15 is 0 Å². The minimum atomic E-state index is -4.44. The summed E-state index contributed by atoms with van der Waals surface area (Å²) in [5, 5.41) is 0. The van der Waals surface area contributed by atoms with Gasteiger partial charge in [-0.2, -0.15) is 21.6 Å². The summed E-state index contributed by atoms with van der Waals surface area (Å²) in [6.45, 7) is 0. The van der Waals surface area contributed by atoms with Crippen LogP contribution < -0.4 is 4.18 Å². The van der Waals surface area contributed by atoms with Crippen LogP contribution in [0.15, 0.2) is 48.8 Å². The lowest BCUT2D eigenvalue weighted by Crippen LogP contribution is -2.05. The number of fused-ring (bicyclic) bond motifs is 1. The van der Waals surface area contributed by atoms with E-state index in [1.54, 1.807) is 12.1 Å². The van der Waals surface area contributed by atoms with Gasteiger partial charge < -0.3 is 8.58 Å². The zero-order valence-corrected chi connectivity index (χ0v) is 13.1. The smallest absolute Gasteiger partial charge is 0.383 e. The van der Waals surface area contributed by atoms with E-state index < -0.39 is 21.9 Å². The third-order valence-corrected chi connectivity index (χ3v) is 3.65. The lowest BCUT2D eigenvalue weighted by molar-refractivity contribution is -0.137. The van der Waals surface area contributed by atoms with Gasteiger partial charge in [-0.15, -0.1) is 0 Å². The molecule has 0 N–H and O–H groups in total. The van der Waals surface area contributed by atoms with Crippen LogP contribution in [0.4, 0.5) is 13.2 Å². The van der Waals surface area contributed by atoms with Crippen LogP contribution in [0.2, 0.25) is 0 Å². The van der Waals surface area contributed by atoms with Gasteiger partial charge in [0.05, 0.1) is 17.5 Å². The highest BCUT2D eigenvalue weighted by Crippen LogP contribution is 2.30. The zero-order chi connectivity index (χ0) is 17.5. The number of benzene rings is 1. The van der Waals surface area contributed by atoms with E-state index in [-0.39, 0.29) is 5.75 Å². The first-order valence-corrected chi connectivity index (χ1v) is 8.49. The average molecular weight is 356 g/mol. The van der Waals surface area contributed by atoms with Crippen molar-refractivity contribution in [2.24, 2.45) is 0 Å². The molecule has 2 heterocycles. The highest BCUT2D eigenvalue weighted by molar-refractivity contribution is 7.86. The maximum absolute atomic E-state index is 12.7. The lowest BCUT2D eigenvalue weighted by atomic mass is 10.1. The van der Waals surface area contributed by atoms with E-state index in [0.29, 0.717) is 16.9 Å². The molecule has 9 heteroatoms. The summed E-state index contributed by atoms with van der Waals surface area (Å²) >= 11 is 0. The third kappa shape index (κ3) is 3.51. The molecule has 0 saturated carbocycles. The van der Waals surface area contributed by atoms with Gasteiger partial charge in [-0.05, 0) is 24.3 Å². The predicted octanol–water partition coefficient (Wildman–Crippen LogP) is 3.36. The topological polar surface area (TPSA) is 60.7 Å². The molecule has 0 atom stereocenters. The SMILES string of the molecule is CS(=O)(=O)Oc1cccc(-c2cn3cc(C(F)(F)F)ccc3n2)c1. The highest BCUT2D eigenvalue weighted by Gasteiger charge is 2.30. The van der Waals surface area contributed by atoms with Crippen molar-refractivity contribution in [2.75, 3.05) is 6.26 Å². The molecule has 24 heavy (non-hydrogen) atoms. The van der Waals surface area contributed by atoms with Crippen LogP contribution in [0, 0.1) is 0 Å². The molecule has 0 aliphatic heterocycles. The summed E-state index contributed by atoms with van der Waals surface area (Å²) in [4.78, 5) is 4.23. The number of nitrogens with zero attached hydrogens (tertiary/aromatic N) is 2. The molecule has 3 aromatic rings. The van der Waals surface area contributed by atoms with Gasteiger partial charge in [0.2, 0.25) is 0 Å². The second-order valence-electron chi connectivity index (χ2n) is 5.12. The number of hydrogen-bond donors (Lipinski definition) is 0. The van der Waals surface area contributed by atoms with Crippen LogP contribution in [0.25, 0.3) is 16.9 Å². The number of alkyl halides is 3. The monoisotopic (exact) mass is 356 g/mol. The van der Waals surface area contributed by atoms with Gasteiger partial charge >= 0.3 is 16.3 Å². The normalized spacial score (nSPS) is 12.5. The zero-order valence-electron chi connectivity index (χ0n) is 12.3. The van der Waals surface area contributed by atoms with Crippen molar-refractivity contribution in [3.8, 4) is 17.0 Å². The number of pyridine rings is 1. The van der Waals surface area contributed by atoms with E-state index in [9.17, 15) is 21.6 Å². The van der Waals surface area contributed by atoms with Crippen molar-refractivity contribution in [3.63, 3.8) is 0 Å². The average Bonchev–Trinajstić information content (AvgIpc) is 2.87. The number of imidazole rings is 1. The lowest BCUT2D eigenvalue weighted by Gasteiger charge is -2.05. The molecule has 2 aromatic heterocycles. The Morgan fingerprint density at radius 3 is 2.54 bits per heavy atom. The second-order valence-corrected chi connectivity index (χ2v) is 6.70. The summed E-state index contributed by atoms with van der Waals surface area (Å²) in [5.74, 6) is 0.100. The summed E-state index contributed by atoms with van der Waals surface area (Å²) in [5.41, 5.74) is 0.474. The van der Waals surface area contributed by atoms with Crippen LogP contribution in [-0.4, -0.2) is 24.1 Å². The van der Waals surface area contributed by atoms with Crippen LogP contribution in [0.5, 0.6) is 5.75 Å². The van der Waals surface area contributed by atoms with Gasteiger partial charge in [0.1, 0.15) is 11.4 Å². The van der Waals surface area contributed by atoms with E-state index in [1.807, 2.05) is 0 Å². The fourth-order valence-electron chi connectivity index (χ4n) is 2.18. The van der Waals surface area contributed by atoms with Crippen LogP contribution in [0.1, 0.15) is 5.56 Å². The Labute approximate surface area is 135 Å². The minimum Gasteiger partial charge on any atom is -0.383 e. The third-order valence-electron chi connectivity index (χ3n) is 3.16. The summed E-state index contributed by atoms with van der Waals surface area (Å²) in [7, 11) is -3.67. The van der Waals surface area contributed by atoms with Gasteiger partial charge in [-0.1, -0.05) is 12.1 Å². The molecule has 0 spiro atoms. The summed E-state index contributed by atoms with van der Waals surface area (Å²) < 4.78 is 66.6. The van der Waals surface area contributed by atoms with Crippen molar-refractivity contribution in [1.82, 2.24) is 9.38 Å². The molecule has 0 unspecified atom stereocenters. The van der Waals surface area contributed by atoms with Gasteiger partial charge in [0.25, 0.3) is 0 Å². The predicted molar refractivity (Wildman–Crippen MR) is 81.1 cm³/mol. The van der Waals surface area contributed by atoms with E-state index in [4.69, 9.17) is 4.18 Å².